The fourth-order valence-corrected chi connectivity index (χ4v) is 3.13. The average molecular weight is 380 g/mol. The van der Waals surface area contributed by atoms with Gasteiger partial charge in [-0.05, 0) is 59.8 Å². The zero-order chi connectivity index (χ0) is 20.1. The Labute approximate surface area is 163 Å². The number of nitrogens with zero attached hydrogens (tertiary/aromatic N) is 1. The topological polar surface area (TPSA) is 82.6 Å². The quantitative estimate of drug-likeness (QED) is 0.660. The summed E-state index contributed by atoms with van der Waals surface area (Å²) >= 11 is 0. The third-order valence-electron chi connectivity index (χ3n) is 4.75. The normalized spacial score (nSPS) is 10.8. The third kappa shape index (κ3) is 4.23. The number of H-pyrrole nitrogens is 1. The summed E-state index contributed by atoms with van der Waals surface area (Å²) in [6.07, 6.45) is 0.900. The van der Waals surface area contributed by atoms with E-state index in [1.807, 2.05) is 24.3 Å². The minimum Gasteiger partial charge on any atom is -0.497 e. The number of hydrogen-bond acceptors (Lipinski definition) is 4. The number of rotatable bonds is 7. The number of methoxy groups -OCH3 is 1. The van der Waals surface area contributed by atoms with Crippen LogP contribution in [-0.4, -0.2) is 41.2 Å². The van der Waals surface area contributed by atoms with E-state index in [4.69, 9.17) is 4.74 Å². The summed E-state index contributed by atoms with van der Waals surface area (Å²) < 4.78 is 5.12. The zero-order valence-electron chi connectivity index (χ0n) is 16.1. The Balaban J connectivity index is 1.91. The molecule has 1 aromatic heterocycles. The number of aromatic amines is 1. The molecular weight excluding hydrogens is 356 g/mol. The molecule has 0 radical (unpaired) electrons. The van der Waals surface area contributed by atoms with Gasteiger partial charge >= 0.3 is 0 Å². The maximum atomic E-state index is 12.9. The largest absolute Gasteiger partial charge is 0.497 e. The second-order valence-electron chi connectivity index (χ2n) is 6.58. The van der Waals surface area contributed by atoms with E-state index in [9.17, 15) is 14.7 Å². The molecule has 2 aromatic carbocycles. The van der Waals surface area contributed by atoms with Crippen LogP contribution < -0.4 is 10.3 Å². The van der Waals surface area contributed by atoms with Crippen molar-refractivity contribution in [3.05, 3.63) is 75.6 Å². The van der Waals surface area contributed by atoms with Crippen LogP contribution >= 0.6 is 0 Å². The van der Waals surface area contributed by atoms with Gasteiger partial charge in [0.25, 0.3) is 11.5 Å². The number of carbonyl (C=O) groups is 1. The molecule has 0 aliphatic carbocycles. The molecule has 6 heteroatoms. The highest BCUT2D eigenvalue weighted by Gasteiger charge is 2.17. The first-order valence-electron chi connectivity index (χ1n) is 9.24. The lowest BCUT2D eigenvalue weighted by molar-refractivity contribution is 0.0707. The first-order chi connectivity index (χ1) is 13.5. The Kier molecular flexibility index (Phi) is 6.11. The average Bonchev–Trinajstić information content (AvgIpc) is 2.73. The highest BCUT2D eigenvalue weighted by Crippen LogP contribution is 2.17. The number of ether oxygens (including phenoxy) is 1. The van der Waals surface area contributed by atoms with E-state index in [0.717, 1.165) is 17.3 Å². The standard InChI is InChI=1S/C22H24N2O4/c1-3-15-4-9-20-17(12-15)13-18(21(26)23-20)14-24(10-11-25)22(27)16-5-7-19(28-2)8-6-16/h4-9,12-13,25H,3,10-11,14H2,1-2H3,(H,23,26). The van der Waals surface area contributed by atoms with Crippen LogP contribution in [0, 0.1) is 0 Å². The predicted molar refractivity (Wildman–Crippen MR) is 109 cm³/mol. The molecule has 146 valence electrons. The molecule has 2 N–H and O–H groups in total. The van der Waals surface area contributed by atoms with Gasteiger partial charge in [-0.2, -0.15) is 0 Å². The van der Waals surface area contributed by atoms with E-state index in [1.54, 1.807) is 31.4 Å². The summed E-state index contributed by atoms with van der Waals surface area (Å²) in [4.78, 5) is 29.7. The molecule has 0 aliphatic heterocycles. The number of amides is 1. The van der Waals surface area contributed by atoms with Crippen molar-refractivity contribution >= 4 is 16.8 Å². The number of aryl methyl sites for hydroxylation is 1. The van der Waals surface area contributed by atoms with Crippen LogP contribution in [0.5, 0.6) is 5.75 Å². The van der Waals surface area contributed by atoms with Gasteiger partial charge in [-0.25, -0.2) is 0 Å². The van der Waals surface area contributed by atoms with Crippen LogP contribution in [0.1, 0.15) is 28.4 Å². The first-order valence-corrected chi connectivity index (χ1v) is 9.24. The number of pyridine rings is 1. The molecule has 6 nitrogen and oxygen atoms in total. The van der Waals surface area contributed by atoms with Crippen molar-refractivity contribution in [2.24, 2.45) is 0 Å². The number of benzene rings is 2. The Morgan fingerprint density at radius 1 is 1.14 bits per heavy atom. The number of hydrogen-bond donors (Lipinski definition) is 2. The second kappa shape index (κ2) is 8.71. The number of fused-ring (bicyclic) bond motifs is 1. The van der Waals surface area contributed by atoms with E-state index in [0.29, 0.717) is 16.9 Å². The van der Waals surface area contributed by atoms with Crippen molar-refractivity contribution < 1.29 is 14.6 Å². The van der Waals surface area contributed by atoms with E-state index in [2.05, 4.69) is 11.9 Å². The summed E-state index contributed by atoms with van der Waals surface area (Å²) in [5, 5.41) is 10.3. The summed E-state index contributed by atoms with van der Waals surface area (Å²) in [6.45, 7) is 2.14. The first kappa shape index (κ1) is 19.6. The van der Waals surface area contributed by atoms with Crippen molar-refractivity contribution in [3.8, 4) is 5.75 Å². The summed E-state index contributed by atoms with van der Waals surface area (Å²) in [5.41, 5.74) is 2.66. The molecule has 1 amide bonds. The maximum absolute atomic E-state index is 12.9. The van der Waals surface area contributed by atoms with Gasteiger partial charge < -0.3 is 19.7 Å². The molecule has 0 saturated heterocycles. The van der Waals surface area contributed by atoms with Crippen molar-refractivity contribution in [1.82, 2.24) is 9.88 Å². The third-order valence-corrected chi connectivity index (χ3v) is 4.75. The molecule has 0 aliphatic rings. The number of carbonyl (C=O) groups excluding carboxylic acids is 1. The van der Waals surface area contributed by atoms with E-state index in [-0.39, 0.29) is 31.2 Å². The van der Waals surface area contributed by atoms with Gasteiger partial charge in [0.15, 0.2) is 0 Å². The van der Waals surface area contributed by atoms with Crippen LogP contribution in [0.3, 0.4) is 0 Å². The van der Waals surface area contributed by atoms with Gasteiger partial charge in [0.05, 0.1) is 20.3 Å². The van der Waals surface area contributed by atoms with Gasteiger partial charge in [0.1, 0.15) is 5.75 Å². The molecule has 0 atom stereocenters. The smallest absolute Gasteiger partial charge is 0.254 e. The summed E-state index contributed by atoms with van der Waals surface area (Å²) in [6, 6.07) is 14.5. The highest BCUT2D eigenvalue weighted by atomic mass is 16.5. The molecule has 0 fully saturated rings. The van der Waals surface area contributed by atoms with Gasteiger partial charge in [-0.1, -0.05) is 13.0 Å². The summed E-state index contributed by atoms with van der Waals surface area (Å²) in [5.74, 6) is 0.404. The molecular formula is C22H24N2O4. The lowest BCUT2D eigenvalue weighted by Gasteiger charge is -2.22. The molecule has 0 spiro atoms. The molecule has 1 heterocycles. The van der Waals surface area contributed by atoms with Gasteiger partial charge in [0, 0.05) is 23.2 Å². The lowest BCUT2D eigenvalue weighted by atomic mass is 10.1. The molecule has 3 aromatic rings. The molecule has 0 unspecified atom stereocenters. The fraction of sp³-hybridized carbons (Fsp3) is 0.273. The second-order valence-corrected chi connectivity index (χ2v) is 6.58. The minimum absolute atomic E-state index is 0.118. The van der Waals surface area contributed by atoms with Crippen LogP contribution in [0.2, 0.25) is 0 Å². The Morgan fingerprint density at radius 3 is 2.54 bits per heavy atom. The van der Waals surface area contributed by atoms with Crippen LogP contribution in [0.4, 0.5) is 0 Å². The van der Waals surface area contributed by atoms with Crippen LogP contribution in [0.15, 0.2) is 53.3 Å². The monoisotopic (exact) mass is 380 g/mol. The molecule has 3 rings (SSSR count). The molecule has 28 heavy (non-hydrogen) atoms. The zero-order valence-corrected chi connectivity index (χ0v) is 16.1. The van der Waals surface area contributed by atoms with E-state index >= 15 is 0 Å². The van der Waals surface area contributed by atoms with E-state index in [1.165, 1.54) is 10.5 Å². The molecule has 0 saturated carbocycles. The van der Waals surface area contributed by atoms with Crippen molar-refractivity contribution in [2.45, 2.75) is 19.9 Å². The highest BCUT2D eigenvalue weighted by molar-refractivity contribution is 5.94. The maximum Gasteiger partial charge on any atom is 0.254 e. The Bertz CT molecular complexity index is 1020. The van der Waals surface area contributed by atoms with Gasteiger partial charge in [0.2, 0.25) is 0 Å². The fourth-order valence-electron chi connectivity index (χ4n) is 3.13. The number of aliphatic hydroxyl groups excluding tert-OH is 1. The minimum atomic E-state index is -0.251. The SMILES string of the molecule is CCc1ccc2[nH]c(=O)c(CN(CCO)C(=O)c3ccc(OC)cc3)cc2c1. The summed E-state index contributed by atoms with van der Waals surface area (Å²) in [7, 11) is 1.56. The van der Waals surface area contributed by atoms with Crippen LogP contribution in [-0.2, 0) is 13.0 Å². The van der Waals surface area contributed by atoms with E-state index < -0.39 is 0 Å². The van der Waals surface area contributed by atoms with Crippen molar-refractivity contribution in [1.29, 1.82) is 0 Å². The lowest BCUT2D eigenvalue weighted by Crippen LogP contribution is -2.35. The van der Waals surface area contributed by atoms with Gasteiger partial charge in [-0.3, -0.25) is 9.59 Å². The Morgan fingerprint density at radius 2 is 1.89 bits per heavy atom. The van der Waals surface area contributed by atoms with Crippen molar-refractivity contribution in [3.63, 3.8) is 0 Å². The molecule has 0 bridgehead atoms. The van der Waals surface area contributed by atoms with Crippen molar-refractivity contribution in [2.75, 3.05) is 20.3 Å². The number of nitrogens with one attached hydrogen (secondary N) is 1. The van der Waals surface area contributed by atoms with Gasteiger partial charge in [-0.15, -0.1) is 0 Å². The Hall–Kier alpha value is -3.12. The predicted octanol–water partition coefficient (Wildman–Crippen LogP) is 2.73. The number of aromatic nitrogens is 1. The number of aliphatic hydroxyl groups is 1. The van der Waals surface area contributed by atoms with Crippen LogP contribution in [0.25, 0.3) is 10.9 Å².